The SMILES string of the molecule is OC1O[C@H](CCOCc2ccccc2)C[C@H](OCc2ccccc2)[C@H]1OCc1ccccc1. The highest BCUT2D eigenvalue weighted by Crippen LogP contribution is 2.27. The lowest BCUT2D eigenvalue weighted by atomic mass is 10.00. The Morgan fingerprint density at radius 3 is 1.79 bits per heavy atom. The summed E-state index contributed by atoms with van der Waals surface area (Å²) >= 11 is 0. The van der Waals surface area contributed by atoms with Crippen LogP contribution in [-0.2, 0) is 38.8 Å². The Balaban J connectivity index is 1.32. The second-order valence-electron chi connectivity index (χ2n) is 8.31. The molecule has 5 heteroatoms. The summed E-state index contributed by atoms with van der Waals surface area (Å²) in [6, 6.07) is 30.0. The van der Waals surface area contributed by atoms with E-state index in [4.69, 9.17) is 18.9 Å². The van der Waals surface area contributed by atoms with Crippen LogP contribution in [0.3, 0.4) is 0 Å². The molecule has 0 aromatic heterocycles. The molecule has 0 amide bonds. The highest BCUT2D eigenvalue weighted by Gasteiger charge is 2.39. The maximum atomic E-state index is 10.8. The largest absolute Gasteiger partial charge is 0.377 e. The molecular weight excluding hydrogens is 416 g/mol. The summed E-state index contributed by atoms with van der Waals surface area (Å²) in [5, 5.41) is 10.8. The minimum Gasteiger partial charge on any atom is -0.377 e. The standard InChI is InChI=1S/C28H32O5/c29-28-27(32-21-24-14-8-3-9-15-24)26(31-20-23-12-6-2-7-13-23)18-25(33-28)16-17-30-19-22-10-4-1-5-11-22/h1-15,25-29H,16-21H2/t25-,26+,27-,28?/m1/s1. The van der Waals surface area contributed by atoms with Gasteiger partial charge in [-0.1, -0.05) is 91.0 Å². The lowest BCUT2D eigenvalue weighted by Crippen LogP contribution is -2.50. The molecule has 4 atom stereocenters. The van der Waals surface area contributed by atoms with Gasteiger partial charge in [0.1, 0.15) is 6.10 Å². The number of rotatable bonds is 11. The van der Waals surface area contributed by atoms with E-state index >= 15 is 0 Å². The minimum absolute atomic E-state index is 0.159. The Morgan fingerprint density at radius 2 is 1.21 bits per heavy atom. The number of hydrogen-bond acceptors (Lipinski definition) is 5. The normalized spacial score (nSPS) is 22.8. The molecular formula is C28H32O5. The van der Waals surface area contributed by atoms with E-state index in [9.17, 15) is 5.11 Å². The summed E-state index contributed by atoms with van der Waals surface area (Å²) in [6.07, 6.45) is -0.735. The number of aliphatic hydroxyl groups is 1. The zero-order valence-electron chi connectivity index (χ0n) is 18.8. The van der Waals surface area contributed by atoms with Gasteiger partial charge in [0.25, 0.3) is 0 Å². The van der Waals surface area contributed by atoms with Gasteiger partial charge < -0.3 is 24.1 Å². The van der Waals surface area contributed by atoms with Gasteiger partial charge in [-0.25, -0.2) is 0 Å². The van der Waals surface area contributed by atoms with E-state index in [0.29, 0.717) is 39.3 Å². The molecule has 1 heterocycles. The molecule has 33 heavy (non-hydrogen) atoms. The third-order valence-electron chi connectivity index (χ3n) is 5.76. The molecule has 0 bridgehead atoms. The smallest absolute Gasteiger partial charge is 0.184 e. The van der Waals surface area contributed by atoms with Crippen molar-refractivity contribution in [2.45, 2.75) is 57.3 Å². The van der Waals surface area contributed by atoms with E-state index in [0.717, 1.165) is 16.7 Å². The van der Waals surface area contributed by atoms with Crippen molar-refractivity contribution in [3.05, 3.63) is 108 Å². The van der Waals surface area contributed by atoms with Crippen LogP contribution in [0, 0.1) is 0 Å². The van der Waals surface area contributed by atoms with Crippen LogP contribution in [0.5, 0.6) is 0 Å². The van der Waals surface area contributed by atoms with Gasteiger partial charge in [-0.05, 0) is 23.1 Å². The first-order valence-corrected chi connectivity index (χ1v) is 11.5. The van der Waals surface area contributed by atoms with Crippen LogP contribution in [0.4, 0.5) is 0 Å². The van der Waals surface area contributed by atoms with Crippen LogP contribution in [0.2, 0.25) is 0 Å². The fourth-order valence-electron chi connectivity index (χ4n) is 3.97. The number of aliphatic hydroxyl groups excluding tert-OH is 1. The Hall–Kier alpha value is -2.54. The predicted molar refractivity (Wildman–Crippen MR) is 126 cm³/mol. The van der Waals surface area contributed by atoms with Gasteiger partial charge in [0.05, 0.1) is 32.0 Å². The monoisotopic (exact) mass is 448 g/mol. The second-order valence-corrected chi connectivity index (χ2v) is 8.31. The fraction of sp³-hybridized carbons (Fsp3) is 0.357. The maximum absolute atomic E-state index is 10.8. The Kier molecular flexibility index (Phi) is 9.04. The Morgan fingerprint density at radius 1 is 0.697 bits per heavy atom. The summed E-state index contributed by atoms with van der Waals surface area (Å²) in [7, 11) is 0. The van der Waals surface area contributed by atoms with Crippen molar-refractivity contribution in [2.75, 3.05) is 6.61 Å². The first-order valence-electron chi connectivity index (χ1n) is 11.5. The van der Waals surface area contributed by atoms with Gasteiger partial charge in [0.15, 0.2) is 6.29 Å². The minimum atomic E-state index is -1.05. The zero-order chi connectivity index (χ0) is 22.7. The third-order valence-corrected chi connectivity index (χ3v) is 5.76. The average Bonchev–Trinajstić information content (AvgIpc) is 2.86. The summed E-state index contributed by atoms with van der Waals surface area (Å²) < 4.78 is 24.0. The third kappa shape index (κ3) is 7.49. The van der Waals surface area contributed by atoms with E-state index in [-0.39, 0.29) is 12.2 Å². The number of ether oxygens (including phenoxy) is 4. The molecule has 1 aliphatic heterocycles. The molecule has 0 saturated carbocycles. The molecule has 4 rings (SSSR count). The van der Waals surface area contributed by atoms with Gasteiger partial charge in [-0.3, -0.25) is 0 Å². The summed E-state index contributed by atoms with van der Waals surface area (Å²) in [5.74, 6) is 0. The van der Waals surface area contributed by atoms with Gasteiger partial charge >= 0.3 is 0 Å². The van der Waals surface area contributed by atoms with Gasteiger partial charge in [0, 0.05) is 13.0 Å². The van der Waals surface area contributed by atoms with Crippen LogP contribution in [-0.4, -0.2) is 36.3 Å². The lowest BCUT2D eigenvalue weighted by Gasteiger charge is -2.39. The highest BCUT2D eigenvalue weighted by atomic mass is 16.7. The molecule has 0 spiro atoms. The summed E-state index contributed by atoms with van der Waals surface area (Å²) in [4.78, 5) is 0. The van der Waals surface area contributed by atoms with E-state index in [1.54, 1.807) is 0 Å². The van der Waals surface area contributed by atoms with Crippen LogP contribution in [0.25, 0.3) is 0 Å². The molecule has 174 valence electrons. The topological polar surface area (TPSA) is 57.2 Å². The van der Waals surface area contributed by atoms with E-state index in [1.165, 1.54) is 0 Å². The molecule has 1 fully saturated rings. The zero-order valence-corrected chi connectivity index (χ0v) is 18.8. The molecule has 1 N–H and O–H groups in total. The highest BCUT2D eigenvalue weighted by molar-refractivity contribution is 5.15. The van der Waals surface area contributed by atoms with Crippen molar-refractivity contribution in [3.8, 4) is 0 Å². The summed E-state index contributed by atoms with van der Waals surface area (Å²) in [5.41, 5.74) is 3.27. The van der Waals surface area contributed by atoms with Crippen LogP contribution < -0.4 is 0 Å². The molecule has 1 saturated heterocycles. The first-order chi connectivity index (χ1) is 16.3. The van der Waals surface area contributed by atoms with Crippen LogP contribution in [0.15, 0.2) is 91.0 Å². The average molecular weight is 449 g/mol. The number of hydrogen-bond donors (Lipinski definition) is 1. The van der Waals surface area contributed by atoms with E-state index in [2.05, 4.69) is 0 Å². The van der Waals surface area contributed by atoms with Gasteiger partial charge in [-0.15, -0.1) is 0 Å². The molecule has 3 aromatic carbocycles. The molecule has 0 radical (unpaired) electrons. The van der Waals surface area contributed by atoms with Crippen molar-refractivity contribution in [1.29, 1.82) is 0 Å². The van der Waals surface area contributed by atoms with Crippen molar-refractivity contribution in [2.24, 2.45) is 0 Å². The Bertz CT molecular complexity index is 919. The van der Waals surface area contributed by atoms with Crippen molar-refractivity contribution < 1.29 is 24.1 Å². The van der Waals surface area contributed by atoms with Crippen molar-refractivity contribution in [3.63, 3.8) is 0 Å². The molecule has 1 aliphatic rings. The number of benzene rings is 3. The van der Waals surface area contributed by atoms with Gasteiger partial charge in [0.2, 0.25) is 0 Å². The molecule has 1 unspecified atom stereocenters. The molecule has 3 aromatic rings. The maximum Gasteiger partial charge on any atom is 0.184 e. The predicted octanol–water partition coefficient (Wildman–Crippen LogP) is 4.87. The quantitative estimate of drug-likeness (QED) is 0.424. The summed E-state index contributed by atoms with van der Waals surface area (Å²) in [6.45, 7) is 1.96. The lowest BCUT2D eigenvalue weighted by molar-refractivity contribution is -0.273. The Labute approximate surface area is 195 Å². The van der Waals surface area contributed by atoms with Crippen LogP contribution in [0.1, 0.15) is 29.5 Å². The molecule has 5 nitrogen and oxygen atoms in total. The first kappa shape index (κ1) is 23.6. The molecule has 0 aliphatic carbocycles. The second kappa shape index (κ2) is 12.6. The van der Waals surface area contributed by atoms with Gasteiger partial charge in [-0.2, -0.15) is 0 Å². The van der Waals surface area contributed by atoms with E-state index < -0.39 is 12.4 Å². The van der Waals surface area contributed by atoms with Crippen molar-refractivity contribution >= 4 is 0 Å². The van der Waals surface area contributed by atoms with Crippen LogP contribution >= 0.6 is 0 Å². The van der Waals surface area contributed by atoms with Crippen molar-refractivity contribution in [1.82, 2.24) is 0 Å². The van der Waals surface area contributed by atoms with E-state index in [1.807, 2.05) is 91.0 Å². The fourth-order valence-corrected chi connectivity index (χ4v) is 3.97.